The van der Waals surface area contributed by atoms with E-state index in [2.05, 4.69) is 16.5 Å². The van der Waals surface area contributed by atoms with Crippen LogP contribution in [0.2, 0.25) is 0 Å². The standard InChI is InChI=1S/C16H15NO5/c1-11(16(19)20-2)10-21-15(18)9-13-8-14(22-17-13)12-6-4-3-5-7-12/h3-8H,1,9-10H2,2H3. The number of aromatic nitrogens is 1. The quantitative estimate of drug-likeness (QED) is 0.601. The molecule has 0 radical (unpaired) electrons. The van der Waals surface area contributed by atoms with Gasteiger partial charge in [-0.2, -0.15) is 0 Å². The Labute approximate surface area is 127 Å². The molecule has 0 saturated heterocycles. The number of nitrogens with zero attached hydrogens (tertiary/aromatic N) is 1. The van der Waals surface area contributed by atoms with Crippen molar-refractivity contribution in [1.82, 2.24) is 5.16 Å². The molecule has 0 amide bonds. The third-order valence-electron chi connectivity index (χ3n) is 2.82. The first kappa shape index (κ1) is 15.5. The normalized spacial score (nSPS) is 10.0. The molecule has 0 atom stereocenters. The number of rotatable bonds is 6. The second kappa shape index (κ2) is 7.21. The number of carbonyl (C=O) groups excluding carboxylic acids is 2. The van der Waals surface area contributed by atoms with Gasteiger partial charge in [0.1, 0.15) is 6.61 Å². The summed E-state index contributed by atoms with van der Waals surface area (Å²) in [6.45, 7) is 3.25. The number of esters is 2. The molecule has 0 spiro atoms. The molecule has 1 aromatic heterocycles. The molecule has 6 nitrogen and oxygen atoms in total. The molecule has 114 valence electrons. The summed E-state index contributed by atoms with van der Waals surface area (Å²) < 4.78 is 14.6. The van der Waals surface area contributed by atoms with Crippen LogP contribution >= 0.6 is 0 Å². The number of methoxy groups -OCH3 is 1. The second-order valence-corrected chi connectivity index (χ2v) is 4.48. The van der Waals surface area contributed by atoms with E-state index >= 15 is 0 Å². The molecule has 0 N–H and O–H groups in total. The Morgan fingerprint density at radius 1 is 1.27 bits per heavy atom. The molecular weight excluding hydrogens is 286 g/mol. The van der Waals surface area contributed by atoms with E-state index in [0.717, 1.165) is 5.56 Å². The van der Waals surface area contributed by atoms with Crippen LogP contribution in [0, 0.1) is 0 Å². The van der Waals surface area contributed by atoms with Crippen molar-refractivity contribution in [3.05, 3.63) is 54.2 Å². The predicted molar refractivity (Wildman–Crippen MR) is 77.8 cm³/mol. The van der Waals surface area contributed by atoms with E-state index in [1.807, 2.05) is 30.3 Å². The van der Waals surface area contributed by atoms with Gasteiger partial charge in [0.25, 0.3) is 0 Å². The fraction of sp³-hybridized carbons (Fsp3) is 0.188. The van der Waals surface area contributed by atoms with Gasteiger partial charge in [-0.25, -0.2) is 4.79 Å². The molecule has 2 aromatic rings. The van der Waals surface area contributed by atoms with Crippen LogP contribution in [0.5, 0.6) is 0 Å². The van der Waals surface area contributed by atoms with Crippen molar-refractivity contribution in [1.29, 1.82) is 0 Å². The van der Waals surface area contributed by atoms with Crippen LogP contribution in [-0.2, 0) is 25.5 Å². The highest BCUT2D eigenvalue weighted by molar-refractivity contribution is 5.88. The number of ether oxygens (including phenoxy) is 2. The van der Waals surface area contributed by atoms with E-state index in [9.17, 15) is 9.59 Å². The summed E-state index contributed by atoms with van der Waals surface area (Å²) in [5.74, 6) is -0.569. The van der Waals surface area contributed by atoms with Gasteiger partial charge in [-0.05, 0) is 0 Å². The molecule has 0 aliphatic rings. The Balaban J connectivity index is 1.89. The van der Waals surface area contributed by atoms with Crippen molar-refractivity contribution < 1.29 is 23.6 Å². The first-order valence-corrected chi connectivity index (χ1v) is 6.53. The lowest BCUT2D eigenvalue weighted by molar-refractivity contribution is -0.143. The van der Waals surface area contributed by atoms with E-state index in [1.165, 1.54) is 7.11 Å². The Bertz CT molecular complexity index is 675. The van der Waals surface area contributed by atoms with Crippen molar-refractivity contribution in [2.24, 2.45) is 0 Å². The molecule has 0 unspecified atom stereocenters. The van der Waals surface area contributed by atoms with E-state index in [1.54, 1.807) is 6.07 Å². The predicted octanol–water partition coefficient (Wildman–Crippen LogP) is 2.16. The van der Waals surface area contributed by atoms with Crippen molar-refractivity contribution in [3.8, 4) is 11.3 Å². The van der Waals surface area contributed by atoms with Gasteiger partial charge in [0.05, 0.1) is 24.8 Å². The third-order valence-corrected chi connectivity index (χ3v) is 2.82. The van der Waals surface area contributed by atoms with Gasteiger partial charge in [-0.1, -0.05) is 42.1 Å². The molecule has 0 aliphatic carbocycles. The number of hydrogen-bond acceptors (Lipinski definition) is 6. The van der Waals surface area contributed by atoms with E-state index in [-0.39, 0.29) is 18.6 Å². The molecule has 0 aliphatic heterocycles. The van der Waals surface area contributed by atoms with Crippen LogP contribution in [0.1, 0.15) is 5.69 Å². The highest BCUT2D eigenvalue weighted by Crippen LogP contribution is 2.19. The summed E-state index contributed by atoms with van der Waals surface area (Å²) in [4.78, 5) is 22.8. The van der Waals surface area contributed by atoms with Gasteiger partial charge in [-0.3, -0.25) is 4.79 Å². The summed E-state index contributed by atoms with van der Waals surface area (Å²) >= 11 is 0. The number of hydrogen-bond donors (Lipinski definition) is 0. The second-order valence-electron chi connectivity index (χ2n) is 4.48. The highest BCUT2D eigenvalue weighted by Gasteiger charge is 2.14. The molecule has 1 aromatic carbocycles. The molecule has 0 saturated carbocycles. The molecular formula is C16H15NO5. The third kappa shape index (κ3) is 4.05. The summed E-state index contributed by atoms with van der Waals surface area (Å²) in [7, 11) is 1.23. The maximum absolute atomic E-state index is 11.7. The molecule has 2 rings (SSSR count). The van der Waals surface area contributed by atoms with Crippen molar-refractivity contribution in [2.75, 3.05) is 13.7 Å². The monoisotopic (exact) mass is 301 g/mol. The lowest BCUT2D eigenvalue weighted by atomic mass is 10.1. The van der Waals surface area contributed by atoms with E-state index in [0.29, 0.717) is 11.5 Å². The van der Waals surface area contributed by atoms with Crippen LogP contribution in [0.25, 0.3) is 11.3 Å². The van der Waals surface area contributed by atoms with Crippen LogP contribution < -0.4 is 0 Å². The van der Waals surface area contributed by atoms with Crippen LogP contribution in [0.15, 0.2) is 53.1 Å². The first-order valence-electron chi connectivity index (χ1n) is 6.53. The molecule has 22 heavy (non-hydrogen) atoms. The summed E-state index contributed by atoms with van der Waals surface area (Å²) in [5.41, 5.74) is 1.39. The topological polar surface area (TPSA) is 78.6 Å². The van der Waals surface area contributed by atoms with Crippen LogP contribution in [0.3, 0.4) is 0 Å². The van der Waals surface area contributed by atoms with Crippen LogP contribution in [0.4, 0.5) is 0 Å². The number of carbonyl (C=O) groups is 2. The van der Waals surface area contributed by atoms with E-state index in [4.69, 9.17) is 9.26 Å². The fourth-order valence-electron chi connectivity index (χ4n) is 1.70. The Morgan fingerprint density at radius 3 is 2.68 bits per heavy atom. The lowest BCUT2D eigenvalue weighted by Crippen LogP contribution is -2.15. The van der Waals surface area contributed by atoms with Crippen LogP contribution in [-0.4, -0.2) is 30.8 Å². The van der Waals surface area contributed by atoms with Gasteiger partial charge in [-0.15, -0.1) is 0 Å². The smallest absolute Gasteiger partial charge is 0.336 e. The minimum absolute atomic E-state index is 0.0508. The summed E-state index contributed by atoms with van der Waals surface area (Å²) in [6, 6.07) is 11.1. The average Bonchev–Trinajstić information content (AvgIpc) is 3.01. The minimum Gasteiger partial charge on any atom is -0.466 e. The molecule has 0 fully saturated rings. The Hall–Kier alpha value is -2.89. The van der Waals surface area contributed by atoms with Gasteiger partial charge in [0.2, 0.25) is 0 Å². The lowest BCUT2D eigenvalue weighted by Gasteiger charge is -2.04. The number of benzene rings is 1. The molecule has 0 bridgehead atoms. The summed E-state index contributed by atoms with van der Waals surface area (Å²) in [5, 5.41) is 3.82. The minimum atomic E-state index is -0.611. The average molecular weight is 301 g/mol. The van der Waals surface area contributed by atoms with Crippen molar-refractivity contribution in [3.63, 3.8) is 0 Å². The fourth-order valence-corrected chi connectivity index (χ4v) is 1.70. The SMILES string of the molecule is C=C(COC(=O)Cc1cc(-c2ccccc2)on1)C(=O)OC. The van der Waals surface area contributed by atoms with E-state index < -0.39 is 11.9 Å². The molecule has 6 heteroatoms. The zero-order chi connectivity index (χ0) is 15.9. The zero-order valence-corrected chi connectivity index (χ0v) is 12.1. The van der Waals surface area contributed by atoms with Gasteiger partial charge < -0.3 is 14.0 Å². The molecule has 1 heterocycles. The summed E-state index contributed by atoms with van der Waals surface area (Å²) in [6.07, 6.45) is -0.0508. The Kier molecular flexibility index (Phi) is 5.08. The maximum Gasteiger partial charge on any atom is 0.336 e. The Morgan fingerprint density at radius 2 is 2.00 bits per heavy atom. The van der Waals surface area contributed by atoms with Gasteiger partial charge >= 0.3 is 11.9 Å². The first-order chi connectivity index (χ1) is 10.6. The van der Waals surface area contributed by atoms with Crippen molar-refractivity contribution in [2.45, 2.75) is 6.42 Å². The highest BCUT2D eigenvalue weighted by atomic mass is 16.5. The van der Waals surface area contributed by atoms with Gasteiger partial charge in [0, 0.05) is 11.6 Å². The van der Waals surface area contributed by atoms with Gasteiger partial charge in [0.15, 0.2) is 5.76 Å². The largest absolute Gasteiger partial charge is 0.466 e. The maximum atomic E-state index is 11.7. The zero-order valence-electron chi connectivity index (χ0n) is 12.1. The van der Waals surface area contributed by atoms with Crippen molar-refractivity contribution >= 4 is 11.9 Å².